The summed E-state index contributed by atoms with van der Waals surface area (Å²) in [6.45, 7) is 1.78. The zero-order valence-electron chi connectivity index (χ0n) is 14.9. The van der Waals surface area contributed by atoms with E-state index >= 15 is 0 Å². The molecule has 2 rings (SSSR count). The van der Waals surface area contributed by atoms with Gasteiger partial charge in [0.2, 0.25) is 11.8 Å². The summed E-state index contributed by atoms with van der Waals surface area (Å²) in [6.07, 6.45) is 6.91. The topological polar surface area (TPSA) is 103 Å². The molecule has 10 heteroatoms. The molecule has 2 heterocycles. The van der Waals surface area contributed by atoms with Crippen LogP contribution in [0.4, 0.5) is 0 Å². The summed E-state index contributed by atoms with van der Waals surface area (Å²) in [5.41, 5.74) is -1.22. The van der Waals surface area contributed by atoms with Crippen LogP contribution < -0.4 is 0 Å². The lowest BCUT2D eigenvalue weighted by Gasteiger charge is -2.39. The predicted octanol–water partition coefficient (Wildman–Crippen LogP) is 2.31. The quantitative estimate of drug-likeness (QED) is 0.375. The summed E-state index contributed by atoms with van der Waals surface area (Å²) in [7, 11) is 0. The van der Waals surface area contributed by atoms with E-state index in [1.807, 2.05) is 6.92 Å². The molecule has 8 nitrogen and oxygen atoms in total. The number of nitrogens with zero attached hydrogens (tertiary/aromatic N) is 4. The van der Waals surface area contributed by atoms with Crippen LogP contribution in [0.25, 0.3) is 0 Å². The van der Waals surface area contributed by atoms with E-state index in [4.69, 9.17) is 16.4 Å². The maximum absolute atomic E-state index is 12.0. The molecule has 0 spiro atoms. The first-order valence-electron chi connectivity index (χ1n) is 8.56. The summed E-state index contributed by atoms with van der Waals surface area (Å²) in [5.74, 6) is -1.05. The Morgan fingerprint density at radius 3 is 2.74 bits per heavy atom. The molecule has 0 bridgehead atoms. The van der Waals surface area contributed by atoms with Crippen molar-refractivity contribution in [1.29, 1.82) is 5.26 Å². The molecule has 2 aliphatic rings. The number of rotatable bonds is 6. The highest BCUT2D eigenvalue weighted by Gasteiger charge is 2.41. The second kappa shape index (κ2) is 9.62. The standard InChI is InChI=1S/C17H20N4O4S2/c1-2-3-4-15(24)25-27-16(26)21(12-20-13(22)5-6-14(20)23)17(11-18)7-9-19-10-8-17/h7,9-10H,2-6,8,12H2,1H3. The molecule has 2 amide bonds. The highest BCUT2D eigenvalue weighted by atomic mass is 32.2. The number of hydrogen-bond donors (Lipinski definition) is 0. The van der Waals surface area contributed by atoms with Gasteiger partial charge in [0.25, 0.3) is 0 Å². The zero-order valence-corrected chi connectivity index (χ0v) is 16.6. The molecule has 0 N–H and O–H groups in total. The minimum atomic E-state index is -1.22. The van der Waals surface area contributed by atoms with Crippen LogP contribution in [-0.2, 0) is 18.6 Å². The number of thiocarbonyl (C=S) groups is 1. The molecule has 0 saturated carbocycles. The SMILES string of the molecule is CCCCC(=O)OSC(=S)N(CN1C(=O)CCC1=O)C1(C#N)C=CN=CC1. The highest BCUT2D eigenvalue weighted by Crippen LogP contribution is 2.29. The Labute approximate surface area is 167 Å². The van der Waals surface area contributed by atoms with Gasteiger partial charge in [0.05, 0.1) is 6.07 Å². The Balaban J connectivity index is 2.17. The summed E-state index contributed by atoms with van der Waals surface area (Å²) < 4.78 is 5.22. The van der Waals surface area contributed by atoms with Crippen molar-refractivity contribution in [3.8, 4) is 6.07 Å². The van der Waals surface area contributed by atoms with Crippen LogP contribution in [0.15, 0.2) is 17.3 Å². The molecule has 1 saturated heterocycles. The van der Waals surface area contributed by atoms with Crippen LogP contribution in [0.1, 0.15) is 45.4 Å². The summed E-state index contributed by atoms with van der Waals surface area (Å²) >= 11 is 6.04. The number of unbranched alkanes of at least 4 members (excludes halogenated alkanes) is 1. The molecular weight excluding hydrogens is 388 g/mol. The van der Waals surface area contributed by atoms with Gasteiger partial charge in [0.1, 0.15) is 18.7 Å². The Bertz CT molecular complexity index is 715. The zero-order chi connectivity index (χ0) is 19.9. The molecule has 27 heavy (non-hydrogen) atoms. The number of nitriles is 1. The lowest BCUT2D eigenvalue weighted by Crippen LogP contribution is -2.54. The monoisotopic (exact) mass is 408 g/mol. The van der Waals surface area contributed by atoms with Crippen LogP contribution >= 0.6 is 24.3 Å². The molecule has 0 aliphatic carbocycles. The van der Waals surface area contributed by atoms with Crippen LogP contribution in [0.2, 0.25) is 0 Å². The Kier molecular flexibility index (Phi) is 7.50. The Morgan fingerprint density at radius 1 is 1.48 bits per heavy atom. The number of carbonyl (C=O) groups excluding carboxylic acids is 3. The van der Waals surface area contributed by atoms with Gasteiger partial charge in [-0.1, -0.05) is 13.3 Å². The molecule has 0 aromatic carbocycles. The van der Waals surface area contributed by atoms with E-state index in [1.54, 1.807) is 12.3 Å². The fourth-order valence-corrected chi connectivity index (χ4v) is 3.47. The minimum absolute atomic E-state index is 0.0915. The van der Waals surface area contributed by atoms with E-state index in [2.05, 4.69) is 11.1 Å². The molecule has 144 valence electrons. The van der Waals surface area contributed by atoms with Crippen molar-refractivity contribution in [2.45, 2.75) is 51.0 Å². The van der Waals surface area contributed by atoms with Crippen molar-refractivity contribution in [1.82, 2.24) is 9.80 Å². The maximum Gasteiger partial charge on any atom is 0.318 e. The maximum atomic E-state index is 12.0. The first kappa shape index (κ1) is 21.1. The highest BCUT2D eigenvalue weighted by molar-refractivity contribution is 8.20. The molecule has 0 aromatic rings. The summed E-state index contributed by atoms with van der Waals surface area (Å²) in [6, 6.07) is 2.18. The van der Waals surface area contributed by atoms with Crippen molar-refractivity contribution in [2.75, 3.05) is 6.67 Å². The Morgan fingerprint density at radius 2 is 2.19 bits per heavy atom. The van der Waals surface area contributed by atoms with Crippen molar-refractivity contribution in [3.05, 3.63) is 12.3 Å². The lowest BCUT2D eigenvalue weighted by molar-refractivity contribution is -0.140. The van der Waals surface area contributed by atoms with E-state index in [-0.39, 0.29) is 48.5 Å². The van der Waals surface area contributed by atoms with Gasteiger partial charge >= 0.3 is 5.97 Å². The van der Waals surface area contributed by atoms with Gasteiger partial charge < -0.3 is 9.08 Å². The largest absolute Gasteiger partial charge is 0.384 e. The lowest BCUT2D eigenvalue weighted by atomic mass is 9.94. The van der Waals surface area contributed by atoms with E-state index in [0.29, 0.717) is 18.5 Å². The summed E-state index contributed by atoms with van der Waals surface area (Å²) in [5, 5.41) is 9.79. The third kappa shape index (κ3) is 5.14. The van der Waals surface area contributed by atoms with Crippen molar-refractivity contribution >= 4 is 52.6 Å². The van der Waals surface area contributed by atoms with Crippen LogP contribution in [0.5, 0.6) is 0 Å². The average Bonchev–Trinajstić information content (AvgIpc) is 3.00. The third-order valence-corrected chi connectivity index (χ3v) is 5.27. The first-order valence-corrected chi connectivity index (χ1v) is 9.71. The van der Waals surface area contributed by atoms with E-state index in [0.717, 1.165) is 11.3 Å². The van der Waals surface area contributed by atoms with Crippen LogP contribution in [-0.4, -0.2) is 50.3 Å². The molecule has 2 aliphatic heterocycles. The number of amides is 2. The number of imide groups is 1. The number of carbonyl (C=O) groups is 3. The second-order valence-corrected chi connectivity index (χ2v) is 7.45. The van der Waals surface area contributed by atoms with E-state index < -0.39 is 11.5 Å². The molecular formula is C17H20N4O4S2. The average molecular weight is 409 g/mol. The number of aliphatic imine (C=N–C) groups is 1. The molecule has 0 radical (unpaired) electrons. The Hall–Kier alpha value is -2.25. The van der Waals surface area contributed by atoms with Crippen LogP contribution in [0.3, 0.4) is 0 Å². The summed E-state index contributed by atoms with van der Waals surface area (Å²) in [4.78, 5) is 42.3. The van der Waals surface area contributed by atoms with Gasteiger partial charge in [-0.05, 0) is 24.7 Å². The van der Waals surface area contributed by atoms with Crippen molar-refractivity contribution < 1.29 is 18.6 Å². The van der Waals surface area contributed by atoms with Crippen LogP contribution in [0, 0.1) is 11.3 Å². The first-order chi connectivity index (χ1) is 12.9. The van der Waals surface area contributed by atoms with Gasteiger partial charge in [-0.25, -0.2) is 0 Å². The minimum Gasteiger partial charge on any atom is -0.384 e. The van der Waals surface area contributed by atoms with Gasteiger partial charge in [0, 0.05) is 38.1 Å². The molecule has 0 aromatic heterocycles. The van der Waals surface area contributed by atoms with Crippen molar-refractivity contribution in [2.24, 2.45) is 4.99 Å². The smallest absolute Gasteiger partial charge is 0.318 e. The number of likely N-dealkylation sites (tertiary alicyclic amines) is 1. The van der Waals surface area contributed by atoms with Gasteiger partial charge in [-0.2, -0.15) is 5.26 Å². The predicted molar refractivity (Wildman–Crippen MR) is 104 cm³/mol. The van der Waals surface area contributed by atoms with Gasteiger partial charge in [0.15, 0.2) is 9.86 Å². The fraction of sp³-hybridized carbons (Fsp3) is 0.529. The van der Waals surface area contributed by atoms with Crippen molar-refractivity contribution in [3.63, 3.8) is 0 Å². The molecule has 1 fully saturated rings. The van der Waals surface area contributed by atoms with Gasteiger partial charge in [-0.15, -0.1) is 0 Å². The second-order valence-electron chi connectivity index (χ2n) is 6.08. The molecule has 1 atom stereocenters. The normalized spacial score (nSPS) is 21.3. The fourth-order valence-electron chi connectivity index (χ4n) is 2.59. The number of hydrogen-bond acceptors (Lipinski definition) is 8. The van der Waals surface area contributed by atoms with Gasteiger partial charge in [-0.3, -0.25) is 24.3 Å². The third-order valence-electron chi connectivity index (χ3n) is 4.22. The van der Waals surface area contributed by atoms with E-state index in [9.17, 15) is 19.6 Å². The molecule has 1 unspecified atom stereocenters. The van der Waals surface area contributed by atoms with E-state index in [1.165, 1.54) is 11.1 Å².